The molecule has 7 nitrogen and oxygen atoms in total. The van der Waals surface area contributed by atoms with Gasteiger partial charge in [-0.25, -0.2) is 4.98 Å². The van der Waals surface area contributed by atoms with E-state index in [4.69, 9.17) is 0 Å². The zero-order valence-electron chi connectivity index (χ0n) is 7.63. The first kappa shape index (κ1) is 10.6. The molecule has 3 heterocycles. The van der Waals surface area contributed by atoms with Gasteiger partial charge in [0.25, 0.3) is 0 Å². The average Bonchev–Trinajstić information content (AvgIpc) is 3.09. The lowest BCUT2D eigenvalue weighted by atomic mass is 10.8. The molecule has 0 aliphatic heterocycles. The lowest BCUT2D eigenvalue weighted by Gasteiger charge is -1.48. The minimum atomic E-state index is 1.38. The molecule has 3 aromatic heterocycles. The highest BCUT2D eigenvalue weighted by molar-refractivity contribution is 4.67. The van der Waals surface area contributed by atoms with Crippen molar-refractivity contribution in [3.05, 3.63) is 49.8 Å². The summed E-state index contributed by atoms with van der Waals surface area (Å²) in [5.74, 6) is 0. The van der Waals surface area contributed by atoms with Crippen molar-refractivity contribution < 1.29 is 13.5 Å². The summed E-state index contributed by atoms with van der Waals surface area (Å²) in [6.45, 7) is 0. The van der Waals surface area contributed by atoms with Crippen molar-refractivity contribution in [2.45, 2.75) is 0 Å². The minimum absolute atomic E-state index is 1.38. The largest absolute Gasteiger partial charge is 0.452 e. The molecule has 15 heavy (non-hydrogen) atoms. The molecule has 3 aromatic rings. The lowest BCUT2D eigenvalue weighted by molar-refractivity contribution is 0.393. The van der Waals surface area contributed by atoms with Gasteiger partial charge in [-0.2, -0.15) is 0 Å². The number of hydrogen-bond donors (Lipinski definition) is 0. The van der Waals surface area contributed by atoms with Crippen LogP contribution in [0.15, 0.2) is 63.3 Å². The molecule has 0 amide bonds. The van der Waals surface area contributed by atoms with E-state index < -0.39 is 0 Å². The molecular formula is C8H8N4O3. The molecule has 0 saturated carbocycles. The zero-order chi connectivity index (χ0) is 10.6. The smallest absolute Gasteiger partial charge is 0.180 e. The summed E-state index contributed by atoms with van der Waals surface area (Å²) in [5.41, 5.74) is 0. The average molecular weight is 208 g/mol. The first-order valence-electron chi connectivity index (χ1n) is 3.87. The van der Waals surface area contributed by atoms with E-state index >= 15 is 0 Å². The Morgan fingerprint density at radius 1 is 0.867 bits per heavy atom. The summed E-state index contributed by atoms with van der Waals surface area (Å²) in [6, 6.07) is 1.72. The fourth-order valence-corrected chi connectivity index (χ4v) is 0.487. The molecule has 0 aromatic carbocycles. The van der Waals surface area contributed by atoms with E-state index in [1.165, 1.54) is 31.4 Å². The van der Waals surface area contributed by atoms with Gasteiger partial charge in [0.15, 0.2) is 6.39 Å². The molecule has 0 saturated heterocycles. The lowest BCUT2D eigenvalue weighted by Crippen LogP contribution is -1.53. The molecule has 0 spiro atoms. The fourth-order valence-electron chi connectivity index (χ4n) is 0.487. The predicted molar refractivity (Wildman–Crippen MR) is 47.3 cm³/mol. The number of nitrogens with zero attached hydrogens (tertiary/aromatic N) is 4. The molecule has 78 valence electrons. The molecule has 0 fully saturated rings. The highest BCUT2D eigenvalue weighted by Crippen LogP contribution is 1.72. The number of rotatable bonds is 0. The van der Waals surface area contributed by atoms with Crippen molar-refractivity contribution >= 4 is 0 Å². The van der Waals surface area contributed by atoms with Gasteiger partial charge in [0.2, 0.25) is 0 Å². The Bertz CT molecular complexity index is 254. The number of aromatic nitrogens is 4. The molecular weight excluding hydrogens is 200 g/mol. The van der Waals surface area contributed by atoms with Gasteiger partial charge in [0.1, 0.15) is 18.8 Å². The normalized spacial score (nSPS) is 8.00. The first-order valence-corrected chi connectivity index (χ1v) is 3.87. The molecule has 0 radical (unpaired) electrons. The molecule has 0 aliphatic carbocycles. The van der Waals surface area contributed by atoms with Crippen LogP contribution in [0.2, 0.25) is 0 Å². The SMILES string of the molecule is c1cnoc1.c1cocn1.c1conn1. The Balaban J connectivity index is 0.000000112. The van der Waals surface area contributed by atoms with E-state index in [0.29, 0.717) is 0 Å². The zero-order valence-corrected chi connectivity index (χ0v) is 7.63. The topological polar surface area (TPSA) is 91.0 Å². The third-order valence-electron chi connectivity index (χ3n) is 0.977. The van der Waals surface area contributed by atoms with Crippen molar-refractivity contribution in [1.82, 2.24) is 20.5 Å². The van der Waals surface area contributed by atoms with Crippen LogP contribution in [0, 0.1) is 0 Å². The van der Waals surface area contributed by atoms with Crippen LogP contribution >= 0.6 is 0 Å². The Morgan fingerprint density at radius 3 is 2.07 bits per heavy atom. The van der Waals surface area contributed by atoms with Gasteiger partial charge in [-0.1, -0.05) is 5.16 Å². The maximum absolute atomic E-state index is 4.47. The maximum atomic E-state index is 4.47. The van der Waals surface area contributed by atoms with E-state index in [0.717, 1.165) is 0 Å². The summed E-state index contributed by atoms with van der Waals surface area (Å²) in [5, 5.41) is 9.75. The second-order valence-electron chi connectivity index (χ2n) is 1.95. The van der Waals surface area contributed by atoms with Crippen molar-refractivity contribution in [2.75, 3.05) is 0 Å². The molecule has 0 aliphatic rings. The van der Waals surface area contributed by atoms with E-state index in [-0.39, 0.29) is 0 Å². The van der Waals surface area contributed by atoms with E-state index in [9.17, 15) is 0 Å². The van der Waals surface area contributed by atoms with Gasteiger partial charge in [-0.15, -0.1) is 5.10 Å². The predicted octanol–water partition coefficient (Wildman–Crippen LogP) is 1.42. The van der Waals surface area contributed by atoms with Gasteiger partial charge in [-0.3, -0.25) is 0 Å². The highest BCUT2D eigenvalue weighted by atomic mass is 16.5. The maximum Gasteiger partial charge on any atom is 0.180 e. The Hall–Kier alpha value is -2.44. The Morgan fingerprint density at radius 2 is 1.87 bits per heavy atom. The van der Waals surface area contributed by atoms with Crippen molar-refractivity contribution in [2.24, 2.45) is 0 Å². The molecule has 0 bridgehead atoms. The van der Waals surface area contributed by atoms with Crippen LogP contribution in [-0.4, -0.2) is 20.5 Å². The van der Waals surface area contributed by atoms with Gasteiger partial charge in [0, 0.05) is 5.27 Å². The molecule has 3 rings (SSSR count). The second kappa shape index (κ2) is 8.17. The second-order valence-corrected chi connectivity index (χ2v) is 1.95. The summed E-state index contributed by atoms with van der Waals surface area (Å²) >= 11 is 0. The van der Waals surface area contributed by atoms with Crippen LogP contribution in [0.25, 0.3) is 0 Å². The van der Waals surface area contributed by atoms with Crippen LogP contribution in [0.1, 0.15) is 0 Å². The Labute approximate surface area is 84.7 Å². The standard InChI is InChI=1S/2C3H3NO.C2H2N2O/c1-2-5-3-4-1;1-2-4-5-3-1;1-2-5-4-3-1/h2*1-3H;1-2H. The van der Waals surface area contributed by atoms with Crippen LogP contribution < -0.4 is 0 Å². The van der Waals surface area contributed by atoms with Gasteiger partial charge in [0.05, 0.1) is 18.6 Å². The van der Waals surface area contributed by atoms with E-state index in [2.05, 4.69) is 34.0 Å². The third kappa shape index (κ3) is 6.70. The Kier molecular flexibility index (Phi) is 5.80. The van der Waals surface area contributed by atoms with Crippen molar-refractivity contribution in [3.8, 4) is 0 Å². The molecule has 7 heteroatoms. The summed E-state index contributed by atoms with van der Waals surface area (Å²) < 4.78 is 13.0. The highest BCUT2D eigenvalue weighted by Gasteiger charge is 1.61. The summed E-state index contributed by atoms with van der Waals surface area (Å²) in [4.78, 5) is 3.56. The van der Waals surface area contributed by atoms with Gasteiger partial charge in [-0.05, 0) is 6.07 Å². The molecule has 0 unspecified atom stereocenters. The van der Waals surface area contributed by atoms with Crippen LogP contribution in [0.3, 0.4) is 0 Å². The van der Waals surface area contributed by atoms with E-state index in [1.54, 1.807) is 18.5 Å². The fraction of sp³-hybridized carbons (Fsp3) is 0. The quantitative estimate of drug-likeness (QED) is 0.551. The number of oxazole rings is 1. The third-order valence-corrected chi connectivity index (χ3v) is 0.977. The van der Waals surface area contributed by atoms with E-state index in [1.807, 2.05) is 0 Å². The van der Waals surface area contributed by atoms with Crippen LogP contribution in [0.4, 0.5) is 0 Å². The van der Waals surface area contributed by atoms with Crippen LogP contribution in [0.5, 0.6) is 0 Å². The monoisotopic (exact) mass is 208 g/mol. The van der Waals surface area contributed by atoms with Crippen molar-refractivity contribution in [1.29, 1.82) is 0 Å². The van der Waals surface area contributed by atoms with Gasteiger partial charge >= 0.3 is 0 Å². The van der Waals surface area contributed by atoms with Crippen LogP contribution in [-0.2, 0) is 0 Å². The number of hydrogen-bond acceptors (Lipinski definition) is 7. The van der Waals surface area contributed by atoms with Crippen molar-refractivity contribution in [3.63, 3.8) is 0 Å². The molecule has 0 atom stereocenters. The summed E-state index contributed by atoms with van der Waals surface area (Å²) in [7, 11) is 0. The van der Waals surface area contributed by atoms with Gasteiger partial charge < -0.3 is 13.5 Å². The minimum Gasteiger partial charge on any atom is -0.452 e. The summed E-state index contributed by atoms with van der Waals surface area (Å²) in [6.07, 6.45) is 10.4. The first-order chi connectivity index (χ1) is 7.50. The molecule has 0 N–H and O–H groups in total.